The molecule has 1 aromatic heterocycles. The molecule has 0 unspecified atom stereocenters. The molecular weight excluding hydrogens is 396 g/mol. The predicted molar refractivity (Wildman–Crippen MR) is 121 cm³/mol. The van der Waals surface area contributed by atoms with Gasteiger partial charge in [0.25, 0.3) is 0 Å². The van der Waals surface area contributed by atoms with Gasteiger partial charge in [0, 0.05) is 35.5 Å². The van der Waals surface area contributed by atoms with Crippen LogP contribution in [0, 0.1) is 17.8 Å². The van der Waals surface area contributed by atoms with Crippen molar-refractivity contribution in [2.24, 2.45) is 17.8 Å². The molecule has 30 heavy (non-hydrogen) atoms. The van der Waals surface area contributed by atoms with Gasteiger partial charge in [-0.15, -0.1) is 11.3 Å². The zero-order chi connectivity index (χ0) is 21.3. The molecule has 0 radical (unpaired) electrons. The van der Waals surface area contributed by atoms with Crippen molar-refractivity contribution in [2.45, 2.75) is 64.1 Å². The summed E-state index contributed by atoms with van der Waals surface area (Å²) in [7, 11) is 1.94. The second-order valence-electron chi connectivity index (χ2n) is 9.23. The average Bonchev–Trinajstić information content (AvgIpc) is 3.36. The molecule has 5 nitrogen and oxygen atoms in total. The molecular formula is C24H34N2O3S. The van der Waals surface area contributed by atoms with E-state index in [4.69, 9.17) is 4.74 Å². The number of aromatic nitrogens is 1. The summed E-state index contributed by atoms with van der Waals surface area (Å²) >= 11 is 1.66. The van der Waals surface area contributed by atoms with Crippen LogP contribution in [0.15, 0.2) is 23.6 Å². The first-order valence-corrected chi connectivity index (χ1v) is 12.0. The molecule has 2 aliphatic rings. The van der Waals surface area contributed by atoms with Gasteiger partial charge in [-0.1, -0.05) is 19.9 Å². The Hall–Kier alpha value is -1.63. The Kier molecular flexibility index (Phi) is 6.37. The third-order valence-electron chi connectivity index (χ3n) is 7.34. The lowest BCUT2D eigenvalue weighted by Crippen LogP contribution is -2.36. The maximum atomic E-state index is 10.8. The molecule has 2 saturated carbocycles. The van der Waals surface area contributed by atoms with Gasteiger partial charge in [0.05, 0.1) is 30.0 Å². The molecule has 0 spiro atoms. The molecule has 0 amide bonds. The van der Waals surface area contributed by atoms with Crippen LogP contribution in [0.1, 0.15) is 55.8 Å². The molecule has 0 aliphatic heterocycles. The molecule has 2 fully saturated rings. The van der Waals surface area contributed by atoms with Crippen molar-refractivity contribution in [1.82, 2.24) is 4.98 Å². The standard InChI is InChI=1S/C24H34N2O3S/c1-4-15-5-6-18(10-21(15)25-3)29-13-20-19-7-8-24(2,11-16(19)9-22(20)28)23-26-17(12-27)14-30-23/h5-6,10,14,16,19-20,22,25,27-28H,4,7-9,11-13H2,1-3H3/t16-,19+,20-,22+,24+/m1/s1. The van der Waals surface area contributed by atoms with E-state index >= 15 is 0 Å². The first-order valence-electron chi connectivity index (χ1n) is 11.1. The lowest BCUT2D eigenvalue weighted by atomic mass is 9.66. The van der Waals surface area contributed by atoms with Crippen molar-refractivity contribution in [3.63, 3.8) is 0 Å². The summed E-state index contributed by atoms with van der Waals surface area (Å²) in [5.74, 6) is 2.06. The topological polar surface area (TPSA) is 74.6 Å². The molecule has 0 bridgehead atoms. The first kappa shape index (κ1) is 21.6. The Morgan fingerprint density at radius 2 is 2.20 bits per heavy atom. The zero-order valence-corrected chi connectivity index (χ0v) is 19.0. The van der Waals surface area contributed by atoms with Crippen molar-refractivity contribution >= 4 is 17.0 Å². The van der Waals surface area contributed by atoms with Crippen LogP contribution in [0.5, 0.6) is 5.75 Å². The summed E-state index contributed by atoms with van der Waals surface area (Å²) in [6.45, 7) is 5.03. The SMILES string of the molecule is CCc1ccc(OC[C@@H]2[C@H]3CC[C@](C)(c4nc(CO)cs4)C[C@H]3C[C@@H]2O)cc1NC. The fraction of sp³-hybridized carbons (Fsp3) is 0.625. The Morgan fingerprint density at radius 3 is 2.90 bits per heavy atom. The molecule has 0 saturated heterocycles. The molecule has 2 aromatic rings. The van der Waals surface area contributed by atoms with Gasteiger partial charge < -0.3 is 20.3 Å². The average molecular weight is 431 g/mol. The van der Waals surface area contributed by atoms with Crippen LogP contribution in [-0.4, -0.2) is 35.0 Å². The van der Waals surface area contributed by atoms with Crippen molar-refractivity contribution in [3.8, 4) is 5.75 Å². The van der Waals surface area contributed by atoms with Crippen LogP contribution in [0.3, 0.4) is 0 Å². The quantitative estimate of drug-likeness (QED) is 0.608. The number of aryl methyl sites for hydroxylation is 1. The van der Waals surface area contributed by atoms with Crippen molar-refractivity contribution in [3.05, 3.63) is 39.8 Å². The van der Waals surface area contributed by atoms with Gasteiger partial charge in [-0.3, -0.25) is 0 Å². The van der Waals surface area contributed by atoms with E-state index in [0.717, 1.165) is 54.2 Å². The van der Waals surface area contributed by atoms with Gasteiger partial charge in [0.2, 0.25) is 0 Å². The third-order valence-corrected chi connectivity index (χ3v) is 8.54. The van der Waals surface area contributed by atoms with Crippen molar-refractivity contribution in [1.29, 1.82) is 0 Å². The highest BCUT2D eigenvalue weighted by molar-refractivity contribution is 7.09. The Labute approximate surface area is 183 Å². The van der Waals surface area contributed by atoms with E-state index in [1.165, 1.54) is 5.56 Å². The highest BCUT2D eigenvalue weighted by Gasteiger charge is 2.49. The molecule has 2 aliphatic carbocycles. The smallest absolute Gasteiger partial charge is 0.121 e. The first-order chi connectivity index (χ1) is 14.5. The van der Waals surface area contributed by atoms with Gasteiger partial charge in [-0.05, 0) is 55.6 Å². The molecule has 1 heterocycles. The van der Waals surface area contributed by atoms with Crippen LogP contribution >= 0.6 is 11.3 Å². The number of hydrogen-bond acceptors (Lipinski definition) is 6. The molecule has 1 aromatic carbocycles. The van der Waals surface area contributed by atoms with Crippen LogP contribution in [0.25, 0.3) is 0 Å². The summed E-state index contributed by atoms with van der Waals surface area (Å²) in [6.07, 6.45) is 4.76. The van der Waals surface area contributed by atoms with E-state index in [-0.39, 0.29) is 24.0 Å². The predicted octanol–water partition coefficient (Wildman–Crippen LogP) is 4.37. The van der Waals surface area contributed by atoms with E-state index < -0.39 is 0 Å². The fourth-order valence-corrected chi connectivity index (χ4v) is 6.62. The third kappa shape index (κ3) is 4.10. The monoisotopic (exact) mass is 430 g/mol. The number of aliphatic hydroxyl groups excluding tert-OH is 2. The number of fused-ring (bicyclic) bond motifs is 1. The summed E-state index contributed by atoms with van der Waals surface area (Å²) in [4.78, 5) is 4.66. The number of nitrogens with one attached hydrogen (secondary N) is 1. The van der Waals surface area contributed by atoms with Crippen LogP contribution in [-0.2, 0) is 18.4 Å². The molecule has 3 N–H and O–H groups in total. The van der Waals surface area contributed by atoms with E-state index in [9.17, 15) is 10.2 Å². The van der Waals surface area contributed by atoms with Gasteiger partial charge in [-0.2, -0.15) is 0 Å². The van der Waals surface area contributed by atoms with Gasteiger partial charge >= 0.3 is 0 Å². The minimum Gasteiger partial charge on any atom is -0.493 e. The number of benzene rings is 1. The summed E-state index contributed by atoms with van der Waals surface area (Å²) in [5, 5.41) is 26.5. The minimum atomic E-state index is -0.301. The number of thiazole rings is 1. The molecule has 5 atom stereocenters. The number of hydrogen-bond donors (Lipinski definition) is 3. The zero-order valence-electron chi connectivity index (χ0n) is 18.2. The Morgan fingerprint density at radius 1 is 1.37 bits per heavy atom. The van der Waals surface area contributed by atoms with E-state index in [1.807, 2.05) is 18.5 Å². The van der Waals surface area contributed by atoms with Gasteiger partial charge in [0.1, 0.15) is 5.75 Å². The number of ether oxygens (including phenoxy) is 1. The second kappa shape index (κ2) is 8.85. The highest BCUT2D eigenvalue weighted by atomic mass is 32.1. The summed E-state index contributed by atoms with van der Waals surface area (Å²) in [6, 6.07) is 6.23. The van der Waals surface area contributed by atoms with E-state index in [2.05, 4.69) is 36.3 Å². The summed E-state index contributed by atoms with van der Waals surface area (Å²) < 4.78 is 6.17. The van der Waals surface area contributed by atoms with Crippen molar-refractivity contribution < 1.29 is 14.9 Å². The van der Waals surface area contributed by atoms with Crippen molar-refractivity contribution in [2.75, 3.05) is 19.0 Å². The second-order valence-corrected chi connectivity index (χ2v) is 10.1. The van der Waals surface area contributed by atoms with Crippen LogP contribution in [0.4, 0.5) is 5.69 Å². The molecule has 164 valence electrons. The maximum absolute atomic E-state index is 10.8. The number of anilines is 1. The normalized spacial score (nSPS) is 30.8. The van der Waals surface area contributed by atoms with Gasteiger partial charge in [-0.25, -0.2) is 4.98 Å². The summed E-state index contributed by atoms with van der Waals surface area (Å²) in [5.41, 5.74) is 3.21. The molecule has 6 heteroatoms. The largest absolute Gasteiger partial charge is 0.493 e. The minimum absolute atomic E-state index is 0.00522. The number of nitrogens with zero attached hydrogens (tertiary/aromatic N) is 1. The highest BCUT2D eigenvalue weighted by Crippen LogP contribution is 2.53. The maximum Gasteiger partial charge on any atom is 0.121 e. The number of aliphatic hydroxyl groups is 2. The van der Waals surface area contributed by atoms with Gasteiger partial charge in [0.15, 0.2) is 0 Å². The lowest BCUT2D eigenvalue weighted by Gasteiger charge is -2.40. The Balaban J connectivity index is 1.41. The lowest BCUT2D eigenvalue weighted by molar-refractivity contribution is 0.0698. The number of rotatable bonds is 7. The Bertz CT molecular complexity index is 870. The van der Waals surface area contributed by atoms with Crippen LogP contribution in [0.2, 0.25) is 0 Å². The van der Waals surface area contributed by atoms with E-state index in [0.29, 0.717) is 18.4 Å². The fourth-order valence-electron chi connectivity index (χ4n) is 5.61. The van der Waals surface area contributed by atoms with Crippen LogP contribution < -0.4 is 10.1 Å². The molecule has 4 rings (SSSR count). The van der Waals surface area contributed by atoms with E-state index in [1.54, 1.807) is 11.3 Å².